The Morgan fingerprint density at radius 3 is 2.11 bits per heavy atom. The summed E-state index contributed by atoms with van der Waals surface area (Å²) in [5.74, 6) is -4.55. The summed E-state index contributed by atoms with van der Waals surface area (Å²) in [6, 6.07) is 2.05. The van der Waals surface area contributed by atoms with E-state index in [0.717, 1.165) is 6.07 Å². The summed E-state index contributed by atoms with van der Waals surface area (Å²) in [5, 5.41) is 2.14. The van der Waals surface area contributed by atoms with Crippen molar-refractivity contribution in [3.05, 3.63) is 52.1 Å². The zero-order valence-electron chi connectivity index (χ0n) is 8.65. The second-order valence-electron chi connectivity index (χ2n) is 3.35. The third kappa shape index (κ3) is 2.61. The van der Waals surface area contributed by atoms with Crippen molar-refractivity contribution in [2.24, 2.45) is 0 Å². The van der Waals surface area contributed by atoms with Crippen LogP contribution in [0.1, 0.15) is 0 Å². The molecule has 1 aromatic carbocycles. The number of hydrogen-bond donors (Lipinski definition) is 1. The molecule has 0 amide bonds. The van der Waals surface area contributed by atoms with E-state index in [1.54, 1.807) is 0 Å². The van der Waals surface area contributed by atoms with Gasteiger partial charge in [0.1, 0.15) is 11.5 Å². The fraction of sp³-hybridized carbons (Fsp3) is 0. The minimum absolute atomic E-state index is 0.359. The average molecular weight is 321 g/mol. The molecule has 1 heterocycles. The molecule has 0 bridgehead atoms. The van der Waals surface area contributed by atoms with E-state index in [1.807, 2.05) is 0 Å². The maximum absolute atomic E-state index is 13.4. The average Bonchev–Trinajstić information content (AvgIpc) is 2.25. The van der Waals surface area contributed by atoms with Crippen LogP contribution in [0.5, 0.6) is 0 Å². The van der Waals surface area contributed by atoms with Crippen LogP contribution < -0.4 is 5.32 Å². The summed E-state index contributed by atoms with van der Waals surface area (Å²) in [5.41, 5.74) is -0.662. The first-order valence-electron chi connectivity index (χ1n) is 4.70. The number of nitrogens with one attached hydrogen (secondary N) is 1. The van der Waals surface area contributed by atoms with E-state index in [0.29, 0.717) is 16.6 Å². The molecule has 0 aliphatic heterocycles. The lowest BCUT2D eigenvalue weighted by atomic mass is 10.2. The second-order valence-corrected chi connectivity index (χ2v) is 4.27. The number of benzene rings is 1. The highest BCUT2D eigenvalue weighted by Crippen LogP contribution is 2.25. The molecular weight excluding hydrogens is 316 g/mol. The maximum atomic E-state index is 13.4. The Kier molecular flexibility index (Phi) is 3.51. The quantitative estimate of drug-likeness (QED) is 0.841. The van der Waals surface area contributed by atoms with Crippen molar-refractivity contribution in [3.63, 3.8) is 0 Å². The number of pyridine rings is 1. The molecule has 2 aromatic rings. The first-order chi connectivity index (χ1) is 8.47. The van der Waals surface area contributed by atoms with Crippen LogP contribution in [0, 0.1) is 23.3 Å². The van der Waals surface area contributed by atoms with Crippen LogP contribution in [-0.2, 0) is 0 Å². The van der Waals surface area contributed by atoms with Gasteiger partial charge in [0.25, 0.3) is 0 Å². The molecule has 1 N–H and O–H groups in total. The molecule has 0 atom stereocenters. The van der Waals surface area contributed by atoms with Crippen LogP contribution in [-0.4, -0.2) is 4.98 Å². The Morgan fingerprint density at radius 2 is 1.56 bits per heavy atom. The first kappa shape index (κ1) is 12.8. The highest BCUT2D eigenvalue weighted by Gasteiger charge is 2.14. The molecule has 2 rings (SSSR count). The molecule has 0 fully saturated rings. The van der Waals surface area contributed by atoms with Gasteiger partial charge in [-0.15, -0.1) is 0 Å². The summed E-state index contributed by atoms with van der Waals surface area (Å²) >= 11 is 2.99. The van der Waals surface area contributed by atoms with Crippen LogP contribution in [0.4, 0.5) is 29.1 Å². The van der Waals surface area contributed by atoms with E-state index < -0.39 is 29.0 Å². The highest BCUT2D eigenvalue weighted by molar-refractivity contribution is 9.10. The zero-order chi connectivity index (χ0) is 13.3. The van der Waals surface area contributed by atoms with Crippen LogP contribution in [0.2, 0.25) is 0 Å². The fourth-order valence-corrected chi connectivity index (χ4v) is 1.59. The molecule has 94 valence electrons. The van der Waals surface area contributed by atoms with Gasteiger partial charge in [0, 0.05) is 22.8 Å². The van der Waals surface area contributed by atoms with E-state index in [9.17, 15) is 17.6 Å². The van der Waals surface area contributed by atoms with Gasteiger partial charge in [0.15, 0.2) is 23.3 Å². The largest absolute Gasteiger partial charge is 0.333 e. The predicted octanol–water partition coefficient (Wildman–Crippen LogP) is 4.14. The van der Waals surface area contributed by atoms with Crippen LogP contribution in [0.3, 0.4) is 0 Å². The lowest BCUT2D eigenvalue weighted by molar-refractivity contribution is 0.548. The standard InChI is InChI=1S/C11H5BrF4N2/c12-5-1-9(16)11(17-4-5)18-10-7(14)2-6(13)3-8(10)15/h1-4H,(H,17,18). The molecular formula is C11H5BrF4N2. The number of nitrogens with zero attached hydrogens (tertiary/aromatic N) is 1. The maximum Gasteiger partial charge on any atom is 0.166 e. The number of hydrogen-bond acceptors (Lipinski definition) is 2. The van der Waals surface area contributed by atoms with E-state index in [1.165, 1.54) is 6.20 Å². The Bertz CT molecular complexity index is 581. The molecule has 2 nitrogen and oxygen atoms in total. The van der Waals surface area contributed by atoms with Gasteiger partial charge in [-0.3, -0.25) is 0 Å². The number of anilines is 2. The minimum Gasteiger partial charge on any atom is -0.333 e. The summed E-state index contributed by atoms with van der Waals surface area (Å²) in [6.07, 6.45) is 1.25. The van der Waals surface area contributed by atoms with Crippen molar-refractivity contribution < 1.29 is 17.6 Å². The second kappa shape index (κ2) is 4.93. The molecule has 0 spiro atoms. The number of halogens is 5. The summed E-state index contributed by atoms with van der Waals surface area (Å²) in [6.45, 7) is 0. The number of rotatable bonds is 2. The normalized spacial score (nSPS) is 10.5. The van der Waals surface area contributed by atoms with Gasteiger partial charge in [-0.1, -0.05) is 0 Å². The van der Waals surface area contributed by atoms with Crippen molar-refractivity contribution in [1.82, 2.24) is 4.98 Å². The third-order valence-electron chi connectivity index (χ3n) is 2.06. The Morgan fingerprint density at radius 1 is 0.944 bits per heavy atom. The zero-order valence-corrected chi connectivity index (χ0v) is 10.2. The van der Waals surface area contributed by atoms with E-state index in [2.05, 4.69) is 26.2 Å². The van der Waals surface area contributed by atoms with Gasteiger partial charge >= 0.3 is 0 Å². The van der Waals surface area contributed by atoms with Gasteiger partial charge in [-0.2, -0.15) is 0 Å². The van der Waals surface area contributed by atoms with E-state index >= 15 is 0 Å². The lowest BCUT2D eigenvalue weighted by Crippen LogP contribution is -2.02. The molecule has 0 radical (unpaired) electrons. The summed E-state index contributed by atoms with van der Waals surface area (Å²) in [7, 11) is 0. The molecule has 1 aromatic heterocycles. The number of aromatic nitrogens is 1. The van der Waals surface area contributed by atoms with E-state index in [4.69, 9.17) is 0 Å². The molecule has 18 heavy (non-hydrogen) atoms. The predicted molar refractivity (Wildman–Crippen MR) is 61.5 cm³/mol. The van der Waals surface area contributed by atoms with Crippen molar-refractivity contribution in [2.75, 3.05) is 5.32 Å². The van der Waals surface area contributed by atoms with Gasteiger partial charge < -0.3 is 5.32 Å². The van der Waals surface area contributed by atoms with Crippen molar-refractivity contribution in [2.45, 2.75) is 0 Å². The Hall–Kier alpha value is -1.63. The first-order valence-corrected chi connectivity index (χ1v) is 5.49. The van der Waals surface area contributed by atoms with Gasteiger partial charge in [-0.05, 0) is 22.0 Å². The van der Waals surface area contributed by atoms with Crippen molar-refractivity contribution in [3.8, 4) is 0 Å². The molecule has 0 saturated carbocycles. The van der Waals surface area contributed by atoms with Crippen LogP contribution in [0.15, 0.2) is 28.9 Å². The summed E-state index contributed by atoms with van der Waals surface area (Å²) < 4.78 is 53.1. The van der Waals surface area contributed by atoms with Gasteiger partial charge in [0.05, 0.1) is 0 Å². The molecule has 0 aliphatic rings. The van der Waals surface area contributed by atoms with Crippen LogP contribution >= 0.6 is 15.9 Å². The van der Waals surface area contributed by atoms with Gasteiger partial charge in [-0.25, -0.2) is 22.5 Å². The SMILES string of the molecule is Fc1cc(F)c(Nc2ncc(Br)cc2F)c(F)c1. The van der Waals surface area contributed by atoms with Crippen molar-refractivity contribution >= 4 is 27.4 Å². The lowest BCUT2D eigenvalue weighted by Gasteiger charge is -2.09. The Labute approximate surface area is 108 Å². The third-order valence-corrected chi connectivity index (χ3v) is 2.49. The molecule has 0 saturated heterocycles. The molecule has 0 aliphatic carbocycles. The van der Waals surface area contributed by atoms with Gasteiger partial charge in [0.2, 0.25) is 0 Å². The molecule has 0 unspecified atom stereocenters. The highest BCUT2D eigenvalue weighted by atomic mass is 79.9. The monoisotopic (exact) mass is 320 g/mol. The minimum atomic E-state index is -1.17. The van der Waals surface area contributed by atoms with Crippen molar-refractivity contribution in [1.29, 1.82) is 0 Å². The topological polar surface area (TPSA) is 24.9 Å². The summed E-state index contributed by atoms with van der Waals surface area (Å²) in [4.78, 5) is 3.62. The smallest absolute Gasteiger partial charge is 0.166 e. The van der Waals surface area contributed by atoms with Crippen LogP contribution in [0.25, 0.3) is 0 Å². The fourth-order valence-electron chi connectivity index (χ4n) is 1.29. The Balaban J connectivity index is 2.40. The van der Waals surface area contributed by atoms with E-state index in [-0.39, 0.29) is 5.82 Å². The molecule has 7 heteroatoms.